The van der Waals surface area contributed by atoms with Gasteiger partial charge in [-0.1, -0.05) is 53.2 Å². The van der Waals surface area contributed by atoms with Crippen molar-refractivity contribution in [3.05, 3.63) is 123 Å². The molecule has 0 aliphatic carbocycles. The third kappa shape index (κ3) is 5.22. The van der Waals surface area contributed by atoms with Crippen molar-refractivity contribution in [1.82, 2.24) is 0 Å². The lowest BCUT2D eigenvalue weighted by atomic mass is 10.1. The van der Waals surface area contributed by atoms with Gasteiger partial charge in [0.15, 0.2) is 6.61 Å². The lowest BCUT2D eigenvalue weighted by Gasteiger charge is -2.14. The van der Waals surface area contributed by atoms with Crippen molar-refractivity contribution in [1.29, 1.82) is 0 Å². The zero-order chi connectivity index (χ0) is 26.8. The Bertz CT molecular complexity index is 1590. The number of Topliss-reactive ketones (excluding diaryl/α,β-unsaturated/α-hetero) is 1. The summed E-state index contributed by atoms with van der Waals surface area (Å²) in [7, 11) is 0. The molecule has 6 nitrogen and oxygen atoms in total. The normalized spacial score (nSPS) is 12.4. The molecule has 38 heavy (non-hydrogen) atoms. The number of carbonyl (C=O) groups is 4. The van der Waals surface area contributed by atoms with Crippen LogP contribution in [0.15, 0.2) is 101 Å². The van der Waals surface area contributed by atoms with Crippen molar-refractivity contribution in [3.8, 4) is 0 Å². The molecule has 5 rings (SSSR count). The standard InChI is InChI=1S/C29H17Cl2NO5S/c30-18-7-13-23(25(31)15-18)26(33)16-37-29(36)17-6-12-22-24(14-17)28(35)32(27(22)34)19-8-10-21(11-9-19)38-20-4-2-1-3-5-20/h1-15H,16H2. The molecular formula is C29H17Cl2NO5S. The van der Waals surface area contributed by atoms with E-state index in [4.69, 9.17) is 27.9 Å². The Morgan fingerprint density at radius 3 is 2.16 bits per heavy atom. The number of nitrogens with zero attached hydrogens (tertiary/aromatic N) is 1. The predicted molar refractivity (Wildman–Crippen MR) is 146 cm³/mol. The number of imide groups is 1. The second-order valence-electron chi connectivity index (χ2n) is 8.24. The van der Waals surface area contributed by atoms with Crippen LogP contribution < -0.4 is 4.90 Å². The van der Waals surface area contributed by atoms with Gasteiger partial charge in [0.2, 0.25) is 5.78 Å². The van der Waals surface area contributed by atoms with Crippen LogP contribution in [0.1, 0.15) is 41.4 Å². The fourth-order valence-corrected chi connectivity index (χ4v) is 5.25. The molecule has 4 aromatic carbocycles. The number of halogens is 2. The van der Waals surface area contributed by atoms with E-state index in [2.05, 4.69) is 0 Å². The Labute approximate surface area is 232 Å². The molecule has 4 aromatic rings. The number of benzene rings is 4. The summed E-state index contributed by atoms with van der Waals surface area (Å²) < 4.78 is 5.13. The summed E-state index contributed by atoms with van der Waals surface area (Å²) in [5.74, 6) is -2.35. The smallest absolute Gasteiger partial charge is 0.338 e. The minimum Gasteiger partial charge on any atom is -0.454 e. The first-order valence-electron chi connectivity index (χ1n) is 11.3. The van der Waals surface area contributed by atoms with Crippen LogP contribution >= 0.6 is 35.0 Å². The first kappa shape index (κ1) is 25.7. The van der Waals surface area contributed by atoms with E-state index in [-0.39, 0.29) is 27.3 Å². The van der Waals surface area contributed by atoms with Crippen LogP contribution in [0.4, 0.5) is 5.69 Å². The van der Waals surface area contributed by atoms with Crippen LogP contribution in [0, 0.1) is 0 Å². The van der Waals surface area contributed by atoms with Crippen molar-refractivity contribution in [3.63, 3.8) is 0 Å². The monoisotopic (exact) mass is 561 g/mol. The molecular weight excluding hydrogens is 545 g/mol. The first-order chi connectivity index (χ1) is 18.3. The summed E-state index contributed by atoms with van der Waals surface area (Å²) in [6, 6.07) is 25.4. The van der Waals surface area contributed by atoms with Crippen LogP contribution in [0.5, 0.6) is 0 Å². The highest BCUT2D eigenvalue weighted by Gasteiger charge is 2.37. The topological polar surface area (TPSA) is 80.8 Å². The van der Waals surface area contributed by atoms with Crippen molar-refractivity contribution in [2.45, 2.75) is 9.79 Å². The summed E-state index contributed by atoms with van der Waals surface area (Å²) >= 11 is 13.4. The van der Waals surface area contributed by atoms with E-state index in [1.54, 1.807) is 23.9 Å². The van der Waals surface area contributed by atoms with Gasteiger partial charge >= 0.3 is 5.97 Å². The highest BCUT2D eigenvalue weighted by molar-refractivity contribution is 7.99. The lowest BCUT2D eigenvalue weighted by molar-refractivity contribution is 0.0474. The van der Waals surface area contributed by atoms with Gasteiger partial charge in [0.25, 0.3) is 11.8 Å². The minimum absolute atomic E-state index is 0.0383. The van der Waals surface area contributed by atoms with E-state index in [1.165, 1.54) is 36.4 Å². The Morgan fingerprint density at radius 2 is 1.45 bits per heavy atom. The molecule has 0 bridgehead atoms. The van der Waals surface area contributed by atoms with Gasteiger partial charge in [-0.3, -0.25) is 14.4 Å². The second-order valence-corrected chi connectivity index (χ2v) is 10.2. The number of ketones is 1. The largest absolute Gasteiger partial charge is 0.454 e. The van der Waals surface area contributed by atoms with Crippen LogP contribution in [-0.4, -0.2) is 30.2 Å². The maximum absolute atomic E-state index is 13.1. The number of fused-ring (bicyclic) bond motifs is 1. The molecule has 0 atom stereocenters. The van der Waals surface area contributed by atoms with Gasteiger partial charge in [0.1, 0.15) is 0 Å². The molecule has 0 fully saturated rings. The highest BCUT2D eigenvalue weighted by atomic mass is 35.5. The molecule has 1 heterocycles. The number of rotatable bonds is 7. The maximum atomic E-state index is 13.1. The summed E-state index contributed by atoms with van der Waals surface area (Å²) in [4.78, 5) is 54.3. The van der Waals surface area contributed by atoms with Gasteiger partial charge in [0, 0.05) is 20.4 Å². The molecule has 1 aliphatic rings. The van der Waals surface area contributed by atoms with E-state index >= 15 is 0 Å². The van der Waals surface area contributed by atoms with Gasteiger partial charge in [-0.05, 0) is 72.8 Å². The molecule has 0 saturated heterocycles. The maximum Gasteiger partial charge on any atom is 0.338 e. The molecule has 0 unspecified atom stereocenters. The Balaban J connectivity index is 1.28. The number of esters is 1. The molecule has 0 aromatic heterocycles. The fraction of sp³-hybridized carbons (Fsp3) is 0.0345. The van der Waals surface area contributed by atoms with E-state index in [9.17, 15) is 19.2 Å². The van der Waals surface area contributed by atoms with E-state index in [0.717, 1.165) is 14.7 Å². The SMILES string of the molecule is O=C(OCC(=O)c1ccc(Cl)cc1Cl)c1ccc2c(c1)C(=O)N(c1ccc(Sc3ccccc3)cc1)C2=O. The second kappa shape index (κ2) is 10.8. The number of hydrogen-bond acceptors (Lipinski definition) is 6. The Morgan fingerprint density at radius 1 is 0.763 bits per heavy atom. The third-order valence-corrected chi connectivity index (χ3v) is 7.33. The average molecular weight is 562 g/mol. The van der Waals surface area contributed by atoms with Gasteiger partial charge in [0.05, 0.1) is 27.4 Å². The predicted octanol–water partition coefficient (Wildman–Crippen LogP) is 6.98. The molecule has 0 N–H and O–H groups in total. The van der Waals surface area contributed by atoms with Crippen molar-refractivity contribution in [2.75, 3.05) is 11.5 Å². The average Bonchev–Trinajstić information content (AvgIpc) is 3.17. The molecule has 1 aliphatic heterocycles. The van der Waals surface area contributed by atoms with Crippen LogP contribution in [0.2, 0.25) is 10.0 Å². The summed E-state index contributed by atoms with van der Waals surface area (Å²) in [5, 5.41) is 0.518. The third-order valence-electron chi connectivity index (χ3n) is 5.76. The van der Waals surface area contributed by atoms with Gasteiger partial charge in [-0.25, -0.2) is 9.69 Å². The van der Waals surface area contributed by atoms with E-state index in [1.807, 2.05) is 42.5 Å². The summed E-state index contributed by atoms with van der Waals surface area (Å²) in [5.41, 5.74) is 0.888. The lowest BCUT2D eigenvalue weighted by Crippen LogP contribution is -2.29. The Hall–Kier alpha value is -3.91. The molecule has 188 valence electrons. The van der Waals surface area contributed by atoms with Crippen molar-refractivity contribution in [2.24, 2.45) is 0 Å². The van der Waals surface area contributed by atoms with Crippen LogP contribution in [0.25, 0.3) is 0 Å². The Kier molecular flexibility index (Phi) is 7.33. The van der Waals surface area contributed by atoms with Gasteiger partial charge in [-0.2, -0.15) is 0 Å². The van der Waals surface area contributed by atoms with Crippen molar-refractivity contribution >= 4 is 64.2 Å². The summed E-state index contributed by atoms with van der Waals surface area (Å²) in [6.45, 7) is -0.552. The molecule has 0 saturated carbocycles. The number of carbonyl (C=O) groups excluding carboxylic acids is 4. The number of hydrogen-bond donors (Lipinski definition) is 0. The quantitative estimate of drug-likeness (QED) is 0.137. The number of ether oxygens (including phenoxy) is 1. The molecule has 2 amide bonds. The van der Waals surface area contributed by atoms with Crippen molar-refractivity contribution < 1.29 is 23.9 Å². The number of anilines is 1. The van der Waals surface area contributed by atoms with Crippen LogP contribution in [0.3, 0.4) is 0 Å². The summed E-state index contributed by atoms with van der Waals surface area (Å²) in [6.07, 6.45) is 0. The fourth-order valence-electron chi connectivity index (χ4n) is 3.90. The van der Waals surface area contributed by atoms with Crippen LogP contribution in [-0.2, 0) is 4.74 Å². The van der Waals surface area contributed by atoms with Gasteiger partial charge < -0.3 is 4.74 Å². The minimum atomic E-state index is -0.813. The zero-order valence-corrected chi connectivity index (χ0v) is 21.8. The highest BCUT2D eigenvalue weighted by Crippen LogP contribution is 2.33. The van der Waals surface area contributed by atoms with Gasteiger partial charge in [-0.15, -0.1) is 0 Å². The first-order valence-corrected chi connectivity index (χ1v) is 12.9. The molecule has 0 radical (unpaired) electrons. The zero-order valence-electron chi connectivity index (χ0n) is 19.5. The molecule has 0 spiro atoms. The van der Waals surface area contributed by atoms with E-state index < -0.39 is 30.2 Å². The number of amides is 2. The van der Waals surface area contributed by atoms with E-state index in [0.29, 0.717) is 10.7 Å². The molecule has 9 heteroatoms.